The van der Waals surface area contributed by atoms with Crippen LogP contribution in [0.3, 0.4) is 0 Å². The highest BCUT2D eigenvalue weighted by Gasteiger charge is 2.45. The van der Waals surface area contributed by atoms with Crippen LogP contribution in [-0.2, 0) is 5.41 Å². The van der Waals surface area contributed by atoms with Crippen LogP contribution in [0.1, 0.15) is 28.1 Å². The van der Waals surface area contributed by atoms with Gasteiger partial charge in [-0.25, -0.2) is 0 Å². The smallest absolute Gasteiger partial charge is 0.123 e. The molecular weight excluding hydrogens is 440 g/mol. The summed E-state index contributed by atoms with van der Waals surface area (Å²) in [6, 6.07) is 40.5. The largest absolute Gasteiger partial charge is 0.496 e. The molecular formula is C33H28N2O. The lowest BCUT2D eigenvalue weighted by molar-refractivity contribution is 0.404. The molecule has 176 valence electrons. The van der Waals surface area contributed by atoms with Crippen molar-refractivity contribution in [1.29, 1.82) is 0 Å². The molecule has 0 aliphatic rings. The average molecular weight is 469 g/mol. The van der Waals surface area contributed by atoms with E-state index in [4.69, 9.17) is 4.74 Å². The van der Waals surface area contributed by atoms with Crippen LogP contribution < -0.4 is 4.74 Å². The number of hydrogen-bond donors (Lipinski definition) is 2. The Morgan fingerprint density at radius 1 is 0.667 bits per heavy atom. The van der Waals surface area contributed by atoms with Gasteiger partial charge >= 0.3 is 0 Å². The zero-order chi connectivity index (χ0) is 24.5. The van der Waals surface area contributed by atoms with E-state index in [1.165, 1.54) is 22.1 Å². The molecule has 4 aromatic carbocycles. The molecule has 0 saturated heterocycles. The van der Waals surface area contributed by atoms with Gasteiger partial charge in [-0.1, -0.05) is 97.1 Å². The van der Waals surface area contributed by atoms with Crippen molar-refractivity contribution in [3.63, 3.8) is 0 Å². The lowest BCUT2D eigenvalue weighted by Crippen LogP contribution is -2.33. The van der Waals surface area contributed by atoms with E-state index in [0.717, 1.165) is 33.8 Å². The van der Waals surface area contributed by atoms with Gasteiger partial charge in [0.05, 0.1) is 7.11 Å². The van der Waals surface area contributed by atoms with Gasteiger partial charge in [0.25, 0.3) is 0 Å². The number of nitrogens with one attached hydrogen (secondary N) is 2. The number of rotatable bonds is 6. The maximum atomic E-state index is 6.02. The van der Waals surface area contributed by atoms with Gasteiger partial charge in [0.15, 0.2) is 0 Å². The number of aromatic amines is 2. The normalized spacial score (nSPS) is 12.9. The summed E-state index contributed by atoms with van der Waals surface area (Å²) in [4.78, 5) is 7.53. The molecule has 2 heterocycles. The Kier molecular flexibility index (Phi) is 5.46. The molecule has 6 rings (SSSR count). The summed E-state index contributed by atoms with van der Waals surface area (Å²) in [5, 5.41) is 1.19. The Bertz CT molecular complexity index is 1630. The molecule has 2 N–H and O–H groups in total. The first-order valence-electron chi connectivity index (χ1n) is 12.2. The van der Waals surface area contributed by atoms with Crippen LogP contribution in [0.15, 0.2) is 121 Å². The van der Waals surface area contributed by atoms with Crippen molar-refractivity contribution in [2.45, 2.75) is 12.3 Å². The minimum Gasteiger partial charge on any atom is -0.496 e. The summed E-state index contributed by atoms with van der Waals surface area (Å²) in [7, 11) is 1.75. The molecule has 0 bridgehead atoms. The van der Waals surface area contributed by atoms with Crippen molar-refractivity contribution in [2.24, 2.45) is 0 Å². The number of aryl methyl sites for hydroxylation is 1. The highest BCUT2D eigenvalue weighted by molar-refractivity contribution is 5.99. The fourth-order valence-corrected chi connectivity index (χ4v) is 5.66. The lowest BCUT2D eigenvalue weighted by atomic mass is 9.66. The minimum absolute atomic E-state index is 0.689. The quantitative estimate of drug-likeness (QED) is 0.257. The van der Waals surface area contributed by atoms with Crippen LogP contribution in [0.5, 0.6) is 5.75 Å². The summed E-state index contributed by atoms with van der Waals surface area (Å²) < 4.78 is 6.02. The van der Waals surface area contributed by atoms with Crippen molar-refractivity contribution < 1.29 is 4.74 Å². The molecule has 0 fully saturated rings. The summed E-state index contributed by atoms with van der Waals surface area (Å²) in [6.45, 7) is 2.17. The topological polar surface area (TPSA) is 40.8 Å². The van der Waals surface area contributed by atoms with E-state index in [-0.39, 0.29) is 0 Å². The van der Waals surface area contributed by atoms with Crippen LogP contribution in [0.2, 0.25) is 0 Å². The molecule has 3 heteroatoms. The Morgan fingerprint density at radius 2 is 1.33 bits per heavy atom. The Labute approximate surface area is 211 Å². The number of para-hydroxylation sites is 2. The average Bonchev–Trinajstić information content (AvgIpc) is 3.55. The predicted octanol–water partition coefficient (Wildman–Crippen LogP) is 7.86. The van der Waals surface area contributed by atoms with Gasteiger partial charge in [0.2, 0.25) is 0 Å². The molecule has 6 aromatic rings. The molecule has 0 aliphatic carbocycles. The third-order valence-corrected chi connectivity index (χ3v) is 7.19. The molecule has 1 atom stereocenters. The van der Waals surface area contributed by atoms with Gasteiger partial charge in [-0.3, -0.25) is 0 Å². The van der Waals surface area contributed by atoms with Crippen molar-refractivity contribution in [3.8, 4) is 16.9 Å². The Hall–Kier alpha value is -4.50. The number of ether oxygens (including phenoxy) is 1. The molecule has 2 aromatic heterocycles. The second-order valence-corrected chi connectivity index (χ2v) is 9.14. The molecule has 0 unspecified atom stereocenters. The third-order valence-electron chi connectivity index (χ3n) is 7.19. The van der Waals surface area contributed by atoms with E-state index in [2.05, 4.69) is 126 Å². The van der Waals surface area contributed by atoms with Crippen LogP contribution >= 0.6 is 0 Å². The molecule has 0 amide bonds. The highest BCUT2D eigenvalue weighted by atomic mass is 16.5. The lowest BCUT2D eigenvalue weighted by Gasteiger charge is -2.37. The first-order valence-corrected chi connectivity index (χ1v) is 12.2. The molecule has 36 heavy (non-hydrogen) atoms. The number of aromatic nitrogens is 2. The number of benzene rings is 4. The van der Waals surface area contributed by atoms with Crippen LogP contribution in [0, 0.1) is 6.92 Å². The van der Waals surface area contributed by atoms with Crippen molar-refractivity contribution in [2.75, 3.05) is 7.11 Å². The van der Waals surface area contributed by atoms with E-state index in [0.29, 0.717) is 0 Å². The number of H-pyrrole nitrogens is 2. The fourth-order valence-electron chi connectivity index (χ4n) is 5.66. The summed E-state index contributed by atoms with van der Waals surface area (Å²) in [6.07, 6.45) is 2.03. The first-order chi connectivity index (χ1) is 17.7. The van der Waals surface area contributed by atoms with Crippen LogP contribution in [-0.4, -0.2) is 17.1 Å². The van der Waals surface area contributed by atoms with E-state index < -0.39 is 5.41 Å². The second kappa shape index (κ2) is 8.94. The Balaban J connectivity index is 1.87. The number of fused-ring (bicyclic) bond motifs is 1. The van der Waals surface area contributed by atoms with Crippen molar-refractivity contribution in [3.05, 3.63) is 150 Å². The molecule has 0 radical (unpaired) electrons. The standard InChI is InChI=1S/C33H28N2O/c1-23-21-22-34-31(23)33(25-15-7-4-8-16-25,27-18-10-12-20-29(27)36-2)32-30(24-13-5-3-6-14-24)26-17-9-11-19-28(26)35-32/h3-22,34-35H,1-2H3/t33-/m1/s1. The van der Waals surface area contributed by atoms with Crippen LogP contribution in [0.4, 0.5) is 0 Å². The maximum absolute atomic E-state index is 6.02. The van der Waals surface area contributed by atoms with Crippen molar-refractivity contribution >= 4 is 10.9 Å². The first kappa shape index (κ1) is 22.0. The fraction of sp³-hybridized carbons (Fsp3) is 0.0909. The SMILES string of the molecule is COc1ccccc1[C@](c1ccccc1)(c1[nH]ccc1C)c1[nH]c2ccccc2c1-c1ccccc1. The van der Waals surface area contributed by atoms with E-state index >= 15 is 0 Å². The summed E-state index contributed by atoms with van der Waals surface area (Å²) >= 11 is 0. The number of hydrogen-bond acceptors (Lipinski definition) is 1. The van der Waals surface area contributed by atoms with Crippen LogP contribution in [0.25, 0.3) is 22.0 Å². The van der Waals surface area contributed by atoms with Gasteiger partial charge < -0.3 is 14.7 Å². The van der Waals surface area contributed by atoms with Gasteiger partial charge in [-0.2, -0.15) is 0 Å². The predicted molar refractivity (Wildman–Crippen MR) is 148 cm³/mol. The van der Waals surface area contributed by atoms with E-state index in [1.807, 2.05) is 12.3 Å². The van der Waals surface area contributed by atoms with Crippen molar-refractivity contribution in [1.82, 2.24) is 9.97 Å². The zero-order valence-corrected chi connectivity index (χ0v) is 20.5. The minimum atomic E-state index is -0.689. The van der Waals surface area contributed by atoms with Gasteiger partial charge in [-0.05, 0) is 41.8 Å². The Morgan fingerprint density at radius 3 is 2.06 bits per heavy atom. The van der Waals surface area contributed by atoms with Gasteiger partial charge in [-0.15, -0.1) is 0 Å². The van der Waals surface area contributed by atoms with Gasteiger partial charge in [0, 0.05) is 39.6 Å². The molecule has 0 aliphatic heterocycles. The second-order valence-electron chi connectivity index (χ2n) is 9.14. The molecule has 0 spiro atoms. The monoisotopic (exact) mass is 468 g/mol. The molecule has 0 saturated carbocycles. The van der Waals surface area contributed by atoms with E-state index in [1.54, 1.807) is 7.11 Å². The summed E-state index contributed by atoms with van der Waals surface area (Å²) in [5.41, 5.74) is 8.41. The van der Waals surface area contributed by atoms with Gasteiger partial charge in [0.1, 0.15) is 11.2 Å². The maximum Gasteiger partial charge on any atom is 0.123 e. The summed E-state index contributed by atoms with van der Waals surface area (Å²) in [5.74, 6) is 0.841. The third kappa shape index (κ3) is 3.28. The zero-order valence-electron chi connectivity index (χ0n) is 20.5. The number of methoxy groups -OCH3 is 1. The highest BCUT2D eigenvalue weighted by Crippen LogP contribution is 2.52. The van der Waals surface area contributed by atoms with E-state index in [9.17, 15) is 0 Å². The molecule has 3 nitrogen and oxygen atoms in total.